The highest BCUT2D eigenvalue weighted by molar-refractivity contribution is 6.30. The molecule has 6 heteroatoms. The van der Waals surface area contributed by atoms with Gasteiger partial charge in [-0.3, -0.25) is 9.36 Å². The van der Waals surface area contributed by atoms with Gasteiger partial charge in [0, 0.05) is 17.0 Å². The number of hydrogen-bond acceptors (Lipinski definition) is 2. The van der Waals surface area contributed by atoms with Gasteiger partial charge in [-0.05, 0) is 41.5 Å². The maximum absolute atomic E-state index is 13.4. The maximum atomic E-state index is 13.4. The zero-order chi connectivity index (χ0) is 20.7. The molecule has 0 aliphatic carbocycles. The largest absolute Gasteiger partial charge is 0.330 e. The Kier molecular flexibility index (Phi) is 4.60. The Hall–Kier alpha value is -3.44. The van der Waals surface area contributed by atoms with Crippen LogP contribution < -0.4 is 5.56 Å². The van der Waals surface area contributed by atoms with Crippen LogP contribution in [0, 0.1) is 5.82 Å². The molecule has 0 fully saturated rings. The topological polar surface area (TPSA) is 39.8 Å². The highest BCUT2D eigenvalue weighted by Crippen LogP contribution is 2.26. The summed E-state index contributed by atoms with van der Waals surface area (Å²) < 4.78 is 16.8. The predicted molar refractivity (Wildman–Crippen MR) is 118 cm³/mol. The fourth-order valence-corrected chi connectivity index (χ4v) is 4.04. The van der Waals surface area contributed by atoms with E-state index in [-0.39, 0.29) is 11.4 Å². The molecule has 0 amide bonds. The van der Waals surface area contributed by atoms with Crippen LogP contribution in [0.4, 0.5) is 4.39 Å². The van der Waals surface area contributed by atoms with Crippen LogP contribution in [0.15, 0.2) is 83.9 Å². The van der Waals surface area contributed by atoms with Crippen molar-refractivity contribution in [3.05, 3.63) is 111 Å². The molecule has 0 bridgehead atoms. The van der Waals surface area contributed by atoms with E-state index in [0.717, 1.165) is 22.0 Å². The quantitative estimate of drug-likeness (QED) is 0.401. The molecule has 0 N–H and O–H groups in total. The highest BCUT2D eigenvalue weighted by Gasteiger charge is 2.16. The molecule has 0 aliphatic heterocycles. The van der Waals surface area contributed by atoms with Crippen molar-refractivity contribution in [3.63, 3.8) is 0 Å². The number of aromatic nitrogens is 3. The van der Waals surface area contributed by atoms with Gasteiger partial charge in [-0.25, -0.2) is 9.37 Å². The van der Waals surface area contributed by atoms with Crippen molar-refractivity contribution in [3.8, 4) is 0 Å². The Balaban J connectivity index is 1.70. The molecule has 30 heavy (non-hydrogen) atoms. The van der Waals surface area contributed by atoms with Crippen LogP contribution in [0.25, 0.3) is 21.9 Å². The fraction of sp³-hybridized carbons (Fsp3) is 0.0833. The second kappa shape index (κ2) is 7.43. The molecule has 148 valence electrons. The van der Waals surface area contributed by atoms with Crippen LogP contribution in [-0.4, -0.2) is 14.1 Å². The molecule has 3 aromatic carbocycles. The number of hydrogen-bond donors (Lipinski definition) is 0. The van der Waals surface area contributed by atoms with E-state index < -0.39 is 0 Å². The van der Waals surface area contributed by atoms with Crippen molar-refractivity contribution in [2.24, 2.45) is 0 Å². The lowest BCUT2D eigenvalue weighted by Gasteiger charge is -2.10. The monoisotopic (exact) mass is 417 g/mol. The van der Waals surface area contributed by atoms with Crippen molar-refractivity contribution in [1.29, 1.82) is 0 Å². The molecule has 5 rings (SSSR count). The van der Waals surface area contributed by atoms with Crippen LogP contribution in [0.1, 0.15) is 11.1 Å². The van der Waals surface area contributed by atoms with E-state index in [1.54, 1.807) is 23.0 Å². The summed E-state index contributed by atoms with van der Waals surface area (Å²) in [5.41, 5.74) is 3.85. The Morgan fingerprint density at radius 1 is 0.900 bits per heavy atom. The first kappa shape index (κ1) is 18.6. The van der Waals surface area contributed by atoms with Gasteiger partial charge < -0.3 is 4.57 Å². The number of benzene rings is 3. The number of para-hydroxylation sites is 1. The van der Waals surface area contributed by atoms with Gasteiger partial charge in [0.2, 0.25) is 0 Å². The van der Waals surface area contributed by atoms with E-state index in [1.807, 2.05) is 53.1 Å². The zero-order valence-corrected chi connectivity index (χ0v) is 16.7. The van der Waals surface area contributed by atoms with Crippen LogP contribution in [0.3, 0.4) is 0 Å². The summed E-state index contributed by atoms with van der Waals surface area (Å²) in [5, 5.41) is 1.58. The van der Waals surface area contributed by atoms with Gasteiger partial charge in [0.15, 0.2) is 0 Å². The van der Waals surface area contributed by atoms with Gasteiger partial charge in [0.1, 0.15) is 16.9 Å². The van der Waals surface area contributed by atoms with Crippen molar-refractivity contribution in [2.75, 3.05) is 0 Å². The summed E-state index contributed by atoms with van der Waals surface area (Å²) in [7, 11) is 0. The average molecular weight is 418 g/mol. The lowest BCUT2D eigenvalue weighted by Crippen LogP contribution is -2.23. The average Bonchev–Trinajstić information content (AvgIpc) is 3.06. The molecular weight excluding hydrogens is 401 g/mol. The van der Waals surface area contributed by atoms with Crippen LogP contribution >= 0.6 is 11.6 Å². The highest BCUT2D eigenvalue weighted by atomic mass is 35.5. The van der Waals surface area contributed by atoms with Crippen LogP contribution in [-0.2, 0) is 13.1 Å². The number of fused-ring (bicyclic) bond motifs is 3. The van der Waals surface area contributed by atoms with E-state index in [0.29, 0.717) is 29.1 Å². The molecule has 0 saturated carbocycles. The standard InChI is InChI=1S/C24H17ClFN3O/c25-18-5-3-4-17(12-18)14-29-21-7-2-1-6-20(21)22-23(29)24(30)28(15-27-22)13-16-8-10-19(26)11-9-16/h1-12,15H,13-14H2. The maximum Gasteiger partial charge on any atom is 0.278 e. The van der Waals surface area contributed by atoms with Gasteiger partial charge in [-0.2, -0.15) is 0 Å². The molecule has 0 radical (unpaired) electrons. The second-order valence-electron chi connectivity index (χ2n) is 7.23. The Morgan fingerprint density at radius 3 is 2.50 bits per heavy atom. The van der Waals surface area contributed by atoms with E-state index in [1.165, 1.54) is 12.1 Å². The first-order chi connectivity index (χ1) is 14.6. The Labute approximate surface area is 176 Å². The summed E-state index contributed by atoms with van der Waals surface area (Å²) in [6.45, 7) is 0.822. The zero-order valence-electron chi connectivity index (χ0n) is 15.9. The Morgan fingerprint density at radius 2 is 1.70 bits per heavy atom. The smallest absolute Gasteiger partial charge is 0.278 e. The summed E-state index contributed by atoms with van der Waals surface area (Å²) in [6.07, 6.45) is 1.56. The molecule has 0 unspecified atom stereocenters. The van der Waals surface area contributed by atoms with E-state index in [9.17, 15) is 9.18 Å². The van der Waals surface area contributed by atoms with Crippen molar-refractivity contribution >= 4 is 33.5 Å². The van der Waals surface area contributed by atoms with Crippen molar-refractivity contribution < 1.29 is 4.39 Å². The van der Waals surface area contributed by atoms with Gasteiger partial charge in [-0.15, -0.1) is 0 Å². The lowest BCUT2D eigenvalue weighted by molar-refractivity contribution is 0.626. The Bertz CT molecular complexity index is 1440. The number of rotatable bonds is 4. The van der Waals surface area contributed by atoms with Crippen LogP contribution in [0.2, 0.25) is 5.02 Å². The lowest BCUT2D eigenvalue weighted by atomic mass is 10.2. The second-order valence-corrected chi connectivity index (χ2v) is 7.67. The predicted octanol–water partition coefficient (Wildman–Crippen LogP) is 5.24. The van der Waals surface area contributed by atoms with Crippen LogP contribution in [0.5, 0.6) is 0 Å². The summed E-state index contributed by atoms with van der Waals surface area (Å²) >= 11 is 6.17. The third kappa shape index (κ3) is 3.27. The fourth-order valence-electron chi connectivity index (χ4n) is 3.83. The first-order valence-electron chi connectivity index (χ1n) is 9.55. The van der Waals surface area contributed by atoms with E-state index in [4.69, 9.17) is 11.6 Å². The van der Waals surface area contributed by atoms with Gasteiger partial charge >= 0.3 is 0 Å². The summed E-state index contributed by atoms with van der Waals surface area (Å²) in [5.74, 6) is -0.304. The van der Waals surface area contributed by atoms with E-state index in [2.05, 4.69) is 4.98 Å². The van der Waals surface area contributed by atoms with E-state index >= 15 is 0 Å². The number of nitrogens with zero attached hydrogens (tertiary/aromatic N) is 3. The summed E-state index contributed by atoms with van der Waals surface area (Å²) in [6, 6.07) is 21.6. The minimum atomic E-state index is -0.304. The molecule has 2 heterocycles. The minimum absolute atomic E-state index is 0.137. The van der Waals surface area contributed by atoms with Gasteiger partial charge in [-0.1, -0.05) is 54.1 Å². The molecule has 5 aromatic rings. The van der Waals surface area contributed by atoms with Gasteiger partial charge in [0.25, 0.3) is 5.56 Å². The minimum Gasteiger partial charge on any atom is -0.330 e. The molecule has 0 aliphatic rings. The molecular formula is C24H17ClFN3O. The van der Waals surface area contributed by atoms with Gasteiger partial charge in [0.05, 0.1) is 18.4 Å². The first-order valence-corrected chi connectivity index (χ1v) is 9.93. The molecule has 0 saturated heterocycles. The molecule has 4 nitrogen and oxygen atoms in total. The molecule has 0 spiro atoms. The normalized spacial score (nSPS) is 11.4. The summed E-state index contributed by atoms with van der Waals surface area (Å²) in [4.78, 5) is 18.1. The van der Waals surface area contributed by atoms with Crippen molar-refractivity contribution in [1.82, 2.24) is 14.1 Å². The third-order valence-corrected chi connectivity index (χ3v) is 5.46. The number of halogens is 2. The SMILES string of the molecule is O=c1c2c(ncn1Cc1ccc(F)cc1)c1ccccc1n2Cc1cccc(Cl)c1. The molecule has 0 atom stereocenters. The molecule has 2 aromatic heterocycles. The van der Waals surface area contributed by atoms with Crippen molar-refractivity contribution in [2.45, 2.75) is 13.1 Å². The third-order valence-electron chi connectivity index (χ3n) is 5.23.